The van der Waals surface area contributed by atoms with Crippen LogP contribution in [-0.2, 0) is 6.18 Å². The van der Waals surface area contributed by atoms with Crippen molar-refractivity contribution < 1.29 is 13.2 Å². The molecular formula is C5HCl2F3N2. The smallest absolute Gasteiger partial charge is 0.166 e. The monoisotopic (exact) mass is 216 g/mol. The third-order valence-electron chi connectivity index (χ3n) is 1.06. The predicted molar refractivity (Wildman–Crippen MR) is 37.1 cm³/mol. The fraction of sp³-hybridized carbons (Fsp3) is 0.200. The first-order valence-corrected chi connectivity index (χ1v) is 3.42. The molecule has 0 bridgehead atoms. The van der Waals surface area contributed by atoms with Crippen molar-refractivity contribution in [3.8, 4) is 0 Å². The fourth-order valence-corrected chi connectivity index (χ4v) is 0.886. The summed E-state index contributed by atoms with van der Waals surface area (Å²) in [4.78, 5) is 0. The van der Waals surface area contributed by atoms with Gasteiger partial charge in [0.25, 0.3) is 0 Å². The first-order valence-electron chi connectivity index (χ1n) is 2.67. The second-order valence-electron chi connectivity index (χ2n) is 1.86. The first kappa shape index (κ1) is 9.54. The van der Waals surface area contributed by atoms with Crippen molar-refractivity contribution in [1.82, 2.24) is 10.2 Å². The van der Waals surface area contributed by atoms with Gasteiger partial charge in [-0.05, 0) is 0 Å². The second-order valence-corrected chi connectivity index (χ2v) is 2.60. The van der Waals surface area contributed by atoms with E-state index in [1.165, 1.54) is 0 Å². The Morgan fingerprint density at radius 2 is 1.83 bits per heavy atom. The van der Waals surface area contributed by atoms with Gasteiger partial charge in [-0.1, -0.05) is 23.2 Å². The van der Waals surface area contributed by atoms with E-state index in [0.717, 1.165) is 0 Å². The van der Waals surface area contributed by atoms with Gasteiger partial charge in [-0.15, -0.1) is 5.10 Å². The highest BCUT2D eigenvalue weighted by Gasteiger charge is 2.34. The van der Waals surface area contributed by atoms with Crippen LogP contribution in [0.3, 0.4) is 0 Å². The van der Waals surface area contributed by atoms with Gasteiger partial charge >= 0.3 is 6.18 Å². The van der Waals surface area contributed by atoms with Crippen molar-refractivity contribution in [3.05, 3.63) is 21.9 Å². The normalized spacial score (nSPS) is 11.8. The Hall–Kier alpha value is -0.550. The van der Waals surface area contributed by atoms with E-state index in [2.05, 4.69) is 10.2 Å². The molecule has 0 aliphatic rings. The van der Waals surface area contributed by atoms with Crippen LogP contribution in [0.5, 0.6) is 0 Å². The lowest BCUT2D eigenvalue weighted by Crippen LogP contribution is -2.07. The molecule has 0 fully saturated rings. The van der Waals surface area contributed by atoms with Crippen molar-refractivity contribution in [3.63, 3.8) is 0 Å². The van der Waals surface area contributed by atoms with Crippen molar-refractivity contribution in [2.24, 2.45) is 0 Å². The van der Waals surface area contributed by atoms with Crippen molar-refractivity contribution >= 4 is 23.2 Å². The lowest BCUT2D eigenvalue weighted by atomic mass is 10.3. The Morgan fingerprint density at radius 3 is 2.25 bits per heavy atom. The molecule has 0 saturated heterocycles. The summed E-state index contributed by atoms with van der Waals surface area (Å²) in [5, 5.41) is 5.08. The summed E-state index contributed by atoms with van der Waals surface area (Å²) in [6, 6.07) is 0. The molecule has 0 radical (unpaired) electrons. The Labute approximate surface area is 75.3 Å². The van der Waals surface area contributed by atoms with Gasteiger partial charge < -0.3 is 0 Å². The first-order chi connectivity index (χ1) is 5.43. The number of nitrogens with zero attached hydrogens (tertiary/aromatic N) is 2. The van der Waals surface area contributed by atoms with Crippen molar-refractivity contribution in [2.75, 3.05) is 0 Å². The topological polar surface area (TPSA) is 25.8 Å². The van der Waals surface area contributed by atoms with E-state index in [1.54, 1.807) is 0 Å². The molecule has 1 aromatic rings. The SMILES string of the molecule is FC(F)(F)c1cnnc(Cl)c1Cl. The van der Waals surface area contributed by atoms with Gasteiger partial charge in [0.1, 0.15) is 0 Å². The van der Waals surface area contributed by atoms with E-state index in [0.29, 0.717) is 6.20 Å². The standard InChI is InChI=1S/C5HCl2F3N2/c6-3-2(5(8,9)10)1-11-12-4(3)7/h1H. The fourth-order valence-electron chi connectivity index (χ4n) is 0.547. The zero-order chi connectivity index (χ0) is 9.35. The van der Waals surface area contributed by atoms with E-state index in [-0.39, 0.29) is 0 Å². The molecule has 0 atom stereocenters. The molecule has 0 amide bonds. The minimum atomic E-state index is -4.54. The number of hydrogen-bond acceptors (Lipinski definition) is 2. The van der Waals surface area contributed by atoms with Crippen LogP contribution in [0, 0.1) is 0 Å². The van der Waals surface area contributed by atoms with Gasteiger partial charge in [0, 0.05) is 0 Å². The average molecular weight is 217 g/mol. The largest absolute Gasteiger partial charge is 0.419 e. The highest BCUT2D eigenvalue weighted by atomic mass is 35.5. The van der Waals surface area contributed by atoms with Crippen LogP contribution in [-0.4, -0.2) is 10.2 Å². The molecule has 66 valence electrons. The summed E-state index contributed by atoms with van der Waals surface area (Å²) in [5.74, 6) is 0. The van der Waals surface area contributed by atoms with E-state index < -0.39 is 21.9 Å². The zero-order valence-corrected chi connectivity index (χ0v) is 6.87. The van der Waals surface area contributed by atoms with Crippen LogP contribution in [0.1, 0.15) is 5.56 Å². The van der Waals surface area contributed by atoms with Gasteiger partial charge in [0.2, 0.25) is 0 Å². The van der Waals surface area contributed by atoms with Gasteiger partial charge in [0.15, 0.2) is 5.15 Å². The van der Waals surface area contributed by atoms with Gasteiger partial charge in [-0.3, -0.25) is 0 Å². The van der Waals surface area contributed by atoms with Gasteiger partial charge in [-0.2, -0.15) is 18.3 Å². The Kier molecular flexibility index (Phi) is 2.44. The zero-order valence-electron chi connectivity index (χ0n) is 5.36. The minimum absolute atomic E-state index is 0.452. The van der Waals surface area contributed by atoms with Crippen LogP contribution in [0.15, 0.2) is 6.20 Å². The van der Waals surface area contributed by atoms with Crippen molar-refractivity contribution in [2.45, 2.75) is 6.18 Å². The third-order valence-corrected chi connectivity index (χ3v) is 1.80. The van der Waals surface area contributed by atoms with Crippen LogP contribution < -0.4 is 0 Å². The minimum Gasteiger partial charge on any atom is -0.166 e. The molecule has 7 heteroatoms. The lowest BCUT2D eigenvalue weighted by Gasteiger charge is -2.06. The van der Waals surface area contributed by atoms with Gasteiger partial charge in [0.05, 0.1) is 16.8 Å². The number of alkyl halides is 3. The molecule has 0 saturated carbocycles. The van der Waals surface area contributed by atoms with E-state index in [1.807, 2.05) is 0 Å². The molecule has 0 aromatic carbocycles. The molecule has 2 nitrogen and oxygen atoms in total. The molecular weight excluding hydrogens is 216 g/mol. The molecule has 0 unspecified atom stereocenters. The maximum Gasteiger partial charge on any atom is 0.419 e. The summed E-state index contributed by atoms with van der Waals surface area (Å²) in [7, 11) is 0. The van der Waals surface area contributed by atoms with Gasteiger partial charge in [-0.25, -0.2) is 0 Å². The summed E-state index contributed by atoms with van der Waals surface area (Å²) in [6.45, 7) is 0. The van der Waals surface area contributed by atoms with Crippen LogP contribution in [0.4, 0.5) is 13.2 Å². The predicted octanol–water partition coefficient (Wildman–Crippen LogP) is 2.80. The molecule has 12 heavy (non-hydrogen) atoms. The quantitative estimate of drug-likeness (QED) is 0.667. The van der Waals surface area contributed by atoms with E-state index in [4.69, 9.17) is 23.2 Å². The molecule has 0 N–H and O–H groups in total. The summed E-state index contributed by atoms with van der Waals surface area (Å²) < 4.78 is 36.1. The van der Waals surface area contributed by atoms with Crippen molar-refractivity contribution in [1.29, 1.82) is 0 Å². The number of aromatic nitrogens is 2. The van der Waals surface area contributed by atoms with Crippen LogP contribution in [0.25, 0.3) is 0 Å². The molecule has 1 aromatic heterocycles. The molecule has 0 aliphatic heterocycles. The third kappa shape index (κ3) is 1.78. The Morgan fingerprint density at radius 1 is 1.25 bits per heavy atom. The highest BCUT2D eigenvalue weighted by Crippen LogP contribution is 2.36. The number of rotatable bonds is 0. The summed E-state index contributed by atoms with van der Waals surface area (Å²) in [6.07, 6.45) is -4.02. The maximum atomic E-state index is 12.0. The second kappa shape index (κ2) is 3.06. The summed E-state index contributed by atoms with van der Waals surface area (Å²) >= 11 is 10.4. The highest BCUT2D eigenvalue weighted by molar-refractivity contribution is 6.41. The molecule has 1 heterocycles. The molecule has 1 rings (SSSR count). The average Bonchev–Trinajstić information content (AvgIpc) is 1.92. The van der Waals surface area contributed by atoms with Crippen LogP contribution >= 0.6 is 23.2 Å². The van der Waals surface area contributed by atoms with Crippen LogP contribution in [0.2, 0.25) is 10.2 Å². The Balaban J connectivity index is 3.26. The Bertz CT molecular complexity index is 299. The van der Waals surface area contributed by atoms with E-state index >= 15 is 0 Å². The molecule has 0 aliphatic carbocycles. The number of hydrogen-bond donors (Lipinski definition) is 0. The molecule has 0 spiro atoms. The number of halogens is 5. The maximum absolute atomic E-state index is 12.0. The lowest BCUT2D eigenvalue weighted by molar-refractivity contribution is -0.137. The summed E-state index contributed by atoms with van der Waals surface area (Å²) in [5.41, 5.74) is -1.08. The van der Waals surface area contributed by atoms with E-state index in [9.17, 15) is 13.2 Å².